The monoisotopic (exact) mass is 274 g/mol. The molecule has 0 aliphatic rings. The molecule has 0 spiro atoms. The standard InChI is InChI=1S/C15H15FN2O2/c1-10(19)11-6-8-12(9-7-11)17-15(20)18-14-5-3-2-4-13(14)16/h2-10,19H,1H3,(H2,17,18,20). The van der Waals surface area contributed by atoms with Gasteiger partial charge in [-0.2, -0.15) is 0 Å². The van der Waals surface area contributed by atoms with Gasteiger partial charge >= 0.3 is 6.03 Å². The van der Waals surface area contributed by atoms with Crippen LogP contribution in [0.15, 0.2) is 48.5 Å². The number of rotatable bonds is 3. The van der Waals surface area contributed by atoms with E-state index in [0.29, 0.717) is 5.69 Å². The molecular weight excluding hydrogens is 259 g/mol. The van der Waals surface area contributed by atoms with Gasteiger partial charge < -0.3 is 15.7 Å². The third-order valence-corrected chi connectivity index (χ3v) is 2.77. The van der Waals surface area contributed by atoms with Crippen molar-refractivity contribution in [3.8, 4) is 0 Å². The summed E-state index contributed by atoms with van der Waals surface area (Å²) in [6.45, 7) is 1.66. The maximum atomic E-state index is 13.4. The normalized spacial score (nSPS) is 11.8. The van der Waals surface area contributed by atoms with E-state index in [2.05, 4.69) is 10.6 Å². The highest BCUT2D eigenvalue weighted by molar-refractivity contribution is 5.99. The van der Waals surface area contributed by atoms with Crippen molar-refractivity contribution in [3.05, 3.63) is 59.9 Å². The Bertz CT molecular complexity index is 597. The van der Waals surface area contributed by atoms with Gasteiger partial charge in [0.05, 0.1) is 11.8 Å². The number of aliphatic hydroxyl groups is 1. The summed E-state index contributed by atoms with van der Waals surface area (Å²) >= 11 is 0. The number of nitrogens with one attached hydrogen (secondary N) is 2. The number of benzene rings is 2. The predicted octanol–water partition coefficient (Wildman–Crippen LogP) is 3.52. The molecule has 3 N–H and O–H groups in total. The fourth-order valence-electron chi connectivity index (χ4n) is 1.69. The Balaban J connectivity index is 1.99. The van der Waals surface area contributed by atoms with E-state index in [0.717, 1.165) is 5.56 Å². The summed E-state index contributed by atoms with van der Waals surface area (Å²) in [5.74, 6) is -0.493. The number of para-hydroxylation sites is 1. The highest BCUT2D eigenvalue weighted by Crippen LogP contribution is 2.16. The smallest absolute Gasteiger partial charge is 0.323 e. The van der Waals surface area contributed by atoms with Gasteiger partial charge in [-0.15, -0.1) is 0 Å². The molecule has 5 heteroatoms. The first kappa shape index (κ1) is 14.0. The van der Waals surface area contributed by atoms with Gasteiger partial charge in [0.1, 0.15) is 5.82 Å². The molecule has 104 valence electrons. The first-order chi connectivity index (χ1) is 9.56. The van der Waals surface area contributed by atoms with Crippen molar-refractivity contribution >= 4 is 17.4 Å². The van der Waals surface area contributed by atoms with Crippen molar-refractivity contribution in [2.24, 2.45) is 0 Å². The number of urea groups is 1. The molecule has 0 heterocycles. The van der Waals surface area contributed by atoms with Gasteiger partial charge in [-0.05, 0) is 36.8 Å². The van der Waals surface area contributed by atoms with E-state index in [9.17, 15) is 14.3 Å². The zero-order valence-corrected chi connectivity index (χ0v) is 10.9. The van der Waals surface area contributed by atoms with Crippen LogP contribution in [-0.2, 0) is 0 Å². The summed E-state index contributed by atoms with van der Waals surface area (Å²) in [7, 11) is 0. The van der Waals surface area contributed by atoms with Gasteiger partial charge in [0.2, 0.25) is 0 Å². The maximum absolute atomic E-state index is 13.4. The molecule has 20 heavy (non-hydrogen) atoms. The van der Waals surface area contributed by atoms with E-state index in [-0.39, 0.29) is 5.69 Å². The van der Waals surface area contributed by atoms with Gasteiger partial charge in [0.25, 0.3) is 0 Å². The Morgan fingerprint density at radius 3 is 2.35 bits per heavy atom. The van der Waals surface area contributed by atoms with Crippen molar-refractivity contribution in [3.63, 3.8) is 0 Å². The van der Waals surface area contributed by atoms with Crippen molar-refractivity contribution in [1.29, 1.82) is 0 Å². The van der Waals surface area contributed by atoms with Crippen LogP contribution < -0.4 is 10.6 Å². The number of carbonyl (C=O) groups excluding carboxylic acids is 1. The molecule has 2 aromatic carbocycles. The molecule has 1 unspecified atom stereocenters. The van der Waals surface area contributed by atoms with Crippen LogP contribution in [0.2, 0.25) is 0 Å². The summed E-state index contributed by atoms with van der Waals surface area (Å²) in [4.78, 5) is 11.7. The first-order valence-electron chi connectivity index (χ1n) is 6.17. The van der Waals surface area contributed by atoms with Crippen molar-refractivity contribution < 1.29 is 14.3 Å². The number of anilines is 2. The fraction of sp³-hybridized carbons (Fsp3) is 0.133. The summed E-state index contributed by atoms with van der Waals surface area (Å²) in [6, 6.07) is 12.2. The van der Waals surface area contributed by atoms with E-state index >= 15 is 0 Å². The number of hydrogen-bond donors (Lipinski definition) is 3. The van der Waals surface area contributed by atoms with Crippen molar-refractivity contribution in [1.82, 2.24) is 0 Å². The molecule has 2 rings (SSSR count). The summed E-state index contributed by atoms with van der Waals surface area (Å²) in [5, 5.41) is 14.4. The second-order valence-corrected chi connectivity index (χ2v) is 4.36. The molecule has 2 amide bonds. The molecule has 0 saturated carbocycles. The van der Waals surface area contributed by atoms with Gasteiger partial charge in [-0.3, -0.25) is 0 Å². The van der Waals surface area contributed by atoms with Crippen LogP contribution in [0.25, 0.3) is 0 Å². The Hall–Kier alpha value is -2.40. The maximum Gasteiger partial charge on any atom is 0.323 e. The molecule has 0 aliphatic carbocycles. The molecule has 2 aromatic rings. The number of halogens is 1. The average Bonchev–Trinajstić information content (AvgIpc) is 2.42. The highest BCUT2D eigenvalue weighted by Gasteiger charge is 2.06. The van der Waals surface area contributed by atoms with E-state index < -0.39 is 18.0 Å². The molecule has 0 bridgehead atoms. The van der Waals surface area contributed by atoms with Crippen molar-refractivity contribution in [2.45, 2.75) is 13.0 Å². The molecular formula is C15H15FN2O2. The second-order valence-electron chi connectivity index (χ2n) is 4.36. The molecule has 0 saturated heterocycles. The third-order valence-electron chi connectivity index (χ3n) is 2.77. The molecule has 0 radical (unpaired) electrons. The summed E-state index contributed by atoms with van der Waals surface area (Å²) in [5.41, 5.74) is 1.43. The largest absolute Gasteiger partial charge is 0.389 e. The van der Waals surface area contributed by atoms with Crippen LogP contribution in [0.5, 0.6) is 0 Å². The summed E-state index contributed by atoms with van der Waals surface area (Å²) in [6.07, 6.45) is -0.559. The zero-order chi connectivity index (χ0) is 14.5. The highest BCUT2D eigenvalue weighted by atomic mass is 19.1. The lowest BCUT2D eigenvalue weighted by molar-refractivity contribution is 0.199. The zero-order valence-electron chi connectivity index (χ0n) is 10.9. The first-order valence-corrected chi connectivity index (χ1v) is 6.17. The topological polar surface area (TPSA) is 61.4 Å². The summed E-state index contributed by atoms with van der Waals surface area (Å²) < 4.78 is 13.4. The lowest BCUT2D eigenvalue weighted by Crippen LogP contribution is -2.20. The van der Waals surface area contributed by atoms with Gasteiger partial charge in [0.15, 0.2) is 0 Å². The van der Waals surface area contributed by atoms with Crippen LogP contribution in [-0.4, -0.2) is 11.1 Å². The minimum Gasteiger partial charge on any atom is -0.389 e. The minimum absolute atomic E-state index is 0.116. The van der Waals surface area contributed by atoms with E-state index in [1.54, 1.807) is 43.3 Å². The predicted molar refractivity (Wildman–Crippen MR) is 76.1 cm³/mol. The van der Waals surface area contributed by atoms with Crippen LogP contribution in [0.3, 0.4) is 0 Å². The average molecular weight is 274 g/mol. The van der Waals surface area contributed by atoms with E-state index in [4.69, 9.17) is 0 Å². The SMILES string of the molecule is CC(O)c1ccc(NC(=O)Nc2ccccc2F)cc1. The number of aliphatic hydroxyl groups excluding tert-OH is 1. The Kier molecular flexibility index (Phi) is 4.32. The Morgan fingerprint density at radius 2 is 1.75 bits per heavy atom. The fourth-order valence-corrected chi connectivity index (χ4v) is 1.69. The van der Waals surface area contributed by atoms with Gasteiger partial charge in [-0.25, -0.2) is 9.18 Å². The quantitative estimate of drug-likeness (QED) is 0.802. The molecule has 0 fully saturated rings. The number of hydrogen-bond acceptors (Lipinski definition) is 2. The molecule has 0 aliphatic heterocycles. The second kappa shape index (κ2) is 6.16. The van der Waals surface area contributed by atoms with Crippen LogP contribution in [0.1, 0.15) is 18.6 Å². The molecule has 0 aromatic heterocycles. The number of amides is 2. The van der Waals surface area contributed by atoms with E-state index in [1.807, 2.05) is 0 Å². The minimum atomic E-state index is -0.559. The van der Waals surface area contributed by atoms with Crippen LogP contribution >= 0.6 is 0 Å². The van der Waals surface area contributed by atoms with Crippen LogP contribution in [0, 0.1) is 5.82 Å². The van der Waals surface area contributed by atoms with Crippen molar-refractivity contribution in [2.75, 3.05) is 10.6 Å². The Morgan fingerprint density at radius 1 is 1.10 bits per heavy atom. The number of carbonyl (C=O) groups is 1. The third kappa shape index (κ3) is 3.55. The van der Waals surface area contributed by atoms with Gasteiger partial charge in [0, 0.05) is 5.69 Å². The lowest BCUT2D eigenvalue weighted by Gasteiger charge is -2.09. The van der Waals surface area contributed by atoms with E-state index in [1.165, 1.54) is 12.1 Å². The van der Waals surface area contributed by atoms with Gasteiger partial charge in [-0.1, -0.05) is 24.3 Å². The Labute approximate surface area is 116 Å². The molecule has 1 atom stereocenters. The van der Waals surface area contributed by atoms with Crippen LogP contribution in [0.4, 0.5) is 20.6 Å². The lowest BCUT2D eigenvalue weighted by atomic mass is 10.1. The molecule has 4 nitrogen and oxygen atoms in total.